The van der Waals surface area contributed by atoms with Crippen LogP contribution in [0, 0.1) is 13.8 Å². The van der Waals surface area contributed by atoms with Crippen molar-refractivity contribution in [3.05, 3.63) is 51.8 Å². The van der Waals surface area contributed by atoms with Crippen molar-refractivity contribution in [2.75, 3.05) is 19.6 Å². The number of benzene rings is 1. The van der Waals surface area contributed by atoms with Crippen molar-refractivity contribution in [3.63, 3.8) is 0 Å². The molecule has 0 saturated heterocycles. The topological polar surface area (TPSA) is 69.3 Å². The average Bonchev–Trinajstić information content (AvgIpc) is 3.04. The largest absolute Gasteiger partial charge is 0.338 e. The number of nitrogens with zero attached hydrogens (tertiary/aromatic N) is 3. The zero-order valence-electron chi connectivity index (χ0n) is 15.9. The maximum absolute atomic E-state index is 13.0. The zero-order valence-corrected chi connectivity index (χ0v) is 15.9. The van der Waals surface area contributed by atoms with Crippen molar-refractivity contribution in [3.8, 4) is 0 Å². The van der Waals surface area contributed by atoms with Crippen LogP contribution in [0.1, 0.15) is 57.1 Å². The number of fused-ring (bicyclic) bond motifs is 1. The molecule has 0 aliphatic carbocycles. The molecule has 0 unspecified atom stereocenters. The molecular weight excluding hydrogens is 328 g/mol. The Balaban J connectivity index is 1.86. The average molecular weight is 354 g/mol. The van der Waals surface area contributed by atoms with E-state index in [-0.39, 0.29) is 11.8 Å². The minimum Gasteiger partial charge on any atom is -0.338 e. The van der Waals surface area contributed by atoms with E-state index < -0.39 is 0 Å². The summed E-state index contributed by atoms with van der Waals surface area (Å²) in [6.07, 6.45) is 0.685. The van der Waals surface area contributed by atoms with E-state index in [1.54, 1.807) is 4.90 Å². The molecule has 138 valence electrons. The summed E-state index contributed by atoms with van der Waals surface area (Å²) in [5.41, 5.74) is 5.11. The van der Waals surface area contributed by atoms with E-state index in [9.17, 15) is 9.59 Å². The van der Waals surface area contributed by atoms with Crippen molar-refractivity contribution in [2.45, 2.75) is 40.7 Å². The molecule has 0 atom stereocenters. The molecule has 1 N–H and O–H groups in total. The van der Waals surface area contributed by atoms with Crippen LogP contribution in [-0.2, 0) is 13.0 Å². The van der Waals surface area contributed by atoms with Gasteiger partial charge in [0.05, 0.1) is 6.54 Å². The molecule has 0 radical (unpaired) electrons. The Morgan fingerprint density at radius 1 is 1.15 bits per heavy atom. The summed E-state index contributed by atoms with van der Waals surface area (Å²) in [5, 5.41) is 7.25. The second kappa shape index (κ2) is 7.32. The highest BCUT2D eigenvalue weighted by Crippen LogP contribution is 2.23. The number of H-pyrrole nitrogens is 1. The lowest BCUT2D eigenvalue weighted by Gasteiger charge is -2.28. The molecule has 0 fully saturated rings. The van der Waals surface area contributed by atoms with Gasteiger partial charge in [0.1, 0.15) is 0 Å². The summed E-state index contributed by atoms with van der Waals surface area (Å²) in [4.78, 5) is 29.2. The Kier molecular flexibility index (Phi) is 5.11. The van der Waals surface area contributed by atoms with Crippen LogP contribution in [-0.4, -0.2) is 51.4 Å². The summed E-state index contributed by atoms with van der Waals surface area (Å²) in [6, 6.07) is 5.90. The van der Waals surface area contributed by atoms with E-state index in [1.807, 2.05) is 44.7 Å². The van der Waals surface area contributed by atoms with Gasteiger partial charge in [-0.25, -0.2) is 0 Å². The normalized spacial score (nSPS) is 13.5. The van der Waals surface area contributed by atoms with E-state index in [4.69, 9.17) is 0 Å². The number of aromatic nitrogens is 2. The number of hydrogen-bond acceptors (Lipinski definition) is 3. The highest BCUT2D eigenvalue weighted by molar-refractivity contribution is 5.96. The minimum absolute atomic E-state index is 0.00453. The Bertz CT molecular complexity index is 816. The van der Waals surface area contributed by atoms with E-state index >= 15 is 0 Å². The predicted molar refractivity (Wildman–Crippen MR) is 100 cm³/mol. The Hall–Kier alpha value is -2.63. The van der Waals surface area contributed by atoms with E-state index in [1.165, 1.54) is 0 Å². The molecule has 1 aliphatic heterocycles. The third-order valence-electron chi connectivity index (χ3n) is 4.94. The van der Waals surface area contributed by atoms with Crippen LogP contribution in [0.25, 0.3) is 0 Å². The standard InChI is InChI=1S/C20H26N4O2/c1-5-23(6-2)20(26)18-16-12-24(8-7-17(16)21-22-18)19(25)15-10-13(3)9-14(4)11-15/h9-11H,5-8,12H2,1-4H3,(H,21,22). The molecule has 1 aromatic heterocycles. The number of aryl methyl sites for hydroxylation is 2. The second-order valence-electron chi connectivity index (χ2n) is 6.86. The number of hydrogen-bond donors (Lipinski definition) is 1. The molecule has 2 aromatic rings. The maximum Gasteiger partial charge on any atom is 0.274 e. The van der Waals surface area contributed by atoms with Crippen LogP contribution in [0.4, 0.5) is 0 Å². The lowest BCUT2D eigenvalue weighted by Crippen LogP contribution is -2.37. The lowest BCUT2D eigenvalue weighted by atomic mass is 10.0. The molecular formula is C20H26N4O2. The fraction of sp³-hybridized carbons (Fsp3) is 0.450. The fourth-order valence-electron chi connectivity index (χ4n) is 3.59. The molecule has 2 amide bonds. The van der Waals surface area contributed by atoms with Crippen LogP contribution in [0.2, 0.25) is 0 Å². The monoisotopic (exact) mass is 354 g/mol. The summed E-state index contributed by atoms with van der Waals surface area (Å²) in [6.45, 7) is 10.2. The van der Waals surface area contributed by atoms with Gasteiger partial charge >= 0.3 is 0 Å². The molecule has 1 aliphatic rings. The smallest absolute Gasteiger partial charge is 0.274 e. The van der Waals surface area contributed by atoms with Crippen molar-refractivity contribution in [1.29, 1.82) is 0 Å². The Morgan fingerprint density at radius 3 is 2.42 bits per heavy atom. The predicted octanol–water partition coefficient (Wildman–Crippen LogP) is 2.71. The fourth-order valence-corrected chi connectivity index (χ4v) is 3.59. The number of amides is 2. The van der Waals surface area contributed by atoms with Gasteiger partial charge in [-0.15, -0.1) is 0 Å². The van der Waals surface area contributed by atoms with Gasteiger partial charge in [-0.3, -0.25) is 14.7 Å². The van der Waals surface area contributed by atoms with Gasteiger partial charge in [0.15, 0.2) is 5.69 Å². The third kappa shape index (κ3) is 3.36. The summed E-state index contributed by atoms with van der Waals surface area (Å²) < 4.78 is 0. The van der Waals surface area contributed by atoms with E-state index in [0.29, 0.717) is 43.9 Å². The first-order chi connectivity index (χ1) is 12.4. The molecule has 0 saturated carbocycles. The van der Waals surface area contributed by atoms with Gasteiger partial charge in [-0.1, -0.05) is 17.2 Å². The summed E-state index contributed by atoms with van der Waals surface area (Å²) >= 11 is 0. The van der Waals surface area contributed by atoms with Crippen molar-refractivity contribution in [2.24, 2.45) is 0 Å². The van der Waals surface area contributed by atoms with Crippen LogP contribution in [0.5, 0.6) is 0 Å². The van der Waals surface area contributed by atoms with Gasteiger partial charge in [0.2, 0.25) is 0 Å². The quantitative estimate of drug-likeness (QED) is 0.918. The Morgan fingerprint density at radius 2 is 1.81 bits per heavy atom. The van der Waals surface area contributed by atoms with Gasteiger partial charge in [-0.05, 0) is 39.8 Å². The zero-order chi connectivity index (χ0) is 18.8. The van der Waals surface area contributed by atoms with Crippen molar-refractivity contribution >= 4 is 11.8 Å². The Labute approximate surface area is 154 Å². The number of rotatable bonds is 4. The lowest BCUT2D eigenvalue weighted by molar-refractivity contribution is 0.0718. The van der Waals surface area contributed by atoms with Crippen molar-refractivity contribution in [1.82, 2.24) is 20.0 Å². The first-order valence-corrected chi connectivity index (χ1v) is 9.17. The van der Waals surface area contributed by atoms with Gasteiger partial charge in [0.25, 0.3) is 11.8 Å². The van der Waals surface area contributed by atoms with Gasteiger partial charge in [-0.2, -0.15) is 5.10 Å². The van der Waals surface area contributed by atoms with Crippen LogP contribution in [0.3, 0.4) is 0 Å². The van der Waals surface area contributed by atoms with E-state index in [0.717, 1.165) is 22.4 Å². The molecule has 6 nitrogen and oxygen atoms in total. The number of nitrogens with one attached hydrogen (secondary N) is 1. The van der Waals surface area contributed by atoms with Crippen molar-refractivity contribution < 1.29 is 9.59 Å². The minimum atomic E-state index is -0.0757. The first-order valence-electron chi connectivity index (χ1n) is 9.17. The maximum atomic E-state index is 13.0. The molecule has 0 bridgehead atoms. The number of carbonyl (C=O) groups is 2. The molecule has 6 heteroatoms. The molecule has 3 rings (SSSR count). The number of aromatic amines is 1. The van der Waals surface area contributed by atoms with Crippen LogP contribution >= 0.6 is 0 Å². The van der Waals surface area contributed by atoms with E-state index in [2.05, 4.69) is 16.3 Å². The molecule has 1 aromatic carbocycles. The van der Waals surface area contributed by atoms with Gasteiger partial charge in [0, 0.05) is 42.9 Å². The summed E-state index contributed by atoms with van der Waals surface area (Å²) in [7, 11) is 0. The van der Waals surface area contributed by atoms with Gasteiger partial charge < -0.3 is 9.80 Å². The number of carbonyl (C=O) groups excluding carboxylic acids is 2. The third-order valence-corrected chi connectivity index (χ3v) is 4.94. The highest BCUT2D eigenvalue weighted by Gasteiger charge is 2.29. The van der Waals surface area contributed by atoms with Crippen LogP contribution in [0.15, 0.2) is 18.2 Å². The first kappa shape index (κ1) is 18.2. The second-order valence-corrected chi connectivity index (χ2v) is 6.86. The SMILES string of the molecule is CCN(CC)C(=O)c1n[nH]c2c1CN(C(=O)c1cc(C)cc(C)c1)CC2. The highest BCUT2D eigenvalue weighted by atomic mass is 16.2. The van der Waals surface area contributed by atoms with Crippen LogP contribution < -0.4 is 0 Å². The summed E-state index contributed by atoms with van der Waals surface area (Å²) in [5.74, 6) is -0.0712. The molecule has 2 heterocycles. The molecule has 26 heavy (non-hydrogen) atoms. The molecule has 0 spiro atoms.